The quantitative estimate of drug-likeness (QED) is 0.373. The number of benzene rings is 2. The van der Waals surface area contributed by atoms with Crippen molar-refractivity contribution in [1.29, 1.82) is 0 Å². The molecule has 0 radical (unpaired) electrons. The van der Waals surface area contributed by atoms with Crippen LogP contribution in [0.3, 0.4) is 0 Å². The van der Waals surface area contributed by atoms with Gasteiger partial charge < -0.3 is 10.4 Å². The Balaban J connectivity index is 1.10. The molecule has 2 heterocycles. The van der Waals surface area contributed by atoms with E-state index in [-0.39, 0.29) is 29.3 Å². The highest BCUT2D eigenvalue weighted by Gasteiger charge is 2.62. The van der Waals surface area contributed by atoms with Crippen LogP contribution in [0, 0.1) is 5.41 Å². The van der Waals surface area contributed by atoms with Gasteiger partial charge in [-0.3, -0.25) is 14.3 Å². The molecular formula is C28H30FN5O3. The van der Waals surface area contributed by atoms with Gasteiger partial charge in [0.2, 0.25) is 5.91 Å². The Morgan fingerprint density at radius 1 is 1.14 bits per heavy atom. The van der Waals surface area contributed by atoms with E-state index in [4.69, 9.17) is 0 Å². The zero-order chi connectivity index (χ0) is 26.0. The number of halogens is 1. The molecule has 2 aliphatic rings. The molecule has 0 unspecified atom stereocenters. The van der Waals surface area contributed by atoms with Crippen LogP contribution in [0.1, 0.15) is 50.9 Å². The number of carbonyl (C=O) groups excluding carboxylic acids is 1. The summed E-state index contributed by atoms with van der Waals surface area (Å²) in [6, 6.07) is 14.7. The standard InChI is InChI=1S/C28H30FN5O3/c1-26(2,37)16-34-22-10-6-5-9-20(22)21(33-34)11-23(35)30-17-12-27(13-17)14-28(29,15-27)24-18-7-3-4-8-19(18)25(36)32-31-24/h3-10,17,37H,11-16H2,1-2H3,(H,30,35)(H,32,36). The van der Waals surface area contributed by atoms with E-state index in [0.717, 1.165) is 23.7 Å². The molecule has 0 aliphatic heterocycles. The molecule has 192 valence electrons. The molecule has 1 spiro atoms. The van der Waals surface area contributed by atoms with E-state index in [1.807, 2.05) is 24.3 Å². The van der Waals surface area contributed by atoms with Gasteiger partial charge in [-0.2, -0.15) is 10.2 Å². The number of hydrogen-bond acceptors (Lipinski definition) is 5. The summed E-state index contributed by atoms with van der Waals surface area (Å²) in [7, 11) is 0. The normalized spacial score (nSPS) is 25.2. The molecule has 0 atom stereocenters. The van der Waals surface area contributed by atoms with Crippen LogP contribution in [0.2, 0.25) is 0 Å². The van der Waals surface area contributed by atoms with Crippen LogP contribution in [0.15, 0.2) is 53.3 Å². The molecule has 2 fully saturated rings. The van der Waals surface area contributed by atoms with Crippen molar-refractivity contribution in [2.45, 2.75) is 69.8 Å². The van der Waals surface area contributed by atoms with Crippen molar-refractivity contribution in [3.05, 3.63) is 70.3 Å². The summed E-state index contributed by atoms with van der Waals surface area (Å²) in [6.45, 7) is 3.78. The number of aliphatic hydroxyl groups is 1. The summed E-state index contributed by atoms with van der Waals surface area (Å²) < 4.78 is 17.6. The number of fused-ring (bicyclic) bond motifs is 2. The average molecular weight is 504 g/mol. The van der Waals surface area contributed by atoms with Crippen LogP contribution >= 0.6 is 0 Å². The summed E-state index contributed by atoms with van der Waals surface area (Å²) >= 11 is 0. The zero-order valence-corrected chi connectivity index (χ0v) is 20.9. The van der Waals surface area contributed by atoms with E-state index < -0.39 is 11.3 Å². The number of rotatable bonds is 6. The van der Waals surface area contributed by atoms with Gasteiger partial charge in [0.25, 0.3) is 5.56 Å². The lowest BCUT2D eigenvalue weighted by Crippen LogP contribution is -2.60. The second-order valence-electron chi connectivity index (χ2n) is 11.5. The molecule has 9 heteroatoms. The highest BCUT2D eigenvalue weighted by atomic mass is 19.1. The molecule has 2 saturated carbocycles. The van der Waals surface area contributed by atoms with Gasteiger partial charge in [0, 0.05) is 16.8 Å². The number of nitrogens with zero attached hydrogens (tertiary/aromatic N) is 3. The van der Waals surface area contributed by atoms with Gasteiger partial charge in [-0.25, -0.2) is 9.49 Å². The van der Waals surface area contributed by atoms with Crippen molar-refractivity contribution in [3.8, 4) is 0 Å². The van der Waals surface area contributed by atoms with Gasteiger partial charge in [0.05, 0.1) is 35.2 Å². The minimum atomic E-state index is -1.58. The first-order valence-electron chi connectivity index (χ1n) is 12.7. The van der Waals surface area contributed by atoms with Gasteiger partial charge in [0.1, 0.15) is 5.69 Å². The zero-order valence-electron chi connectivity index (χ0n) is 20.9. The van der Waals surface area contributed by atoms with Crippen LogP contribution in [-0.2, 0) is 23.4 Å². The lowest BCUT2D eigenvalue weighted by molar-refractivity contribution is -0.142. The molecule has 4 aromatic rings. The number of H-pyrrole nitrogens is 1. The Hall–Kier alpha value is -3.59. The second kappa shape index (κ2) is 8.21. The summed E-state index contributed by atoms with van der Waals surface area (Å²) in [5, 5.41) is 26.4. The summed E-state index contributed by atoms with van der Waals surface area (Å²) in [5.41, 5.74) is -1.12. The lowest BCUT2D eigenvalue weighted by atomic mass is 9.48. The summed E-state index contributed by atoms with van der Waals surface area (Å²) in [4.78, 5) is 24.9. The number of aromatic nitrogens is 4. The van der Waals surface area contributed by atoms with Gasteiger partial charge in [-0.1, -0.05) is 36.4 Å². The number of hydrogen-bond donors (Lipinski definition) is 3. The number of nitrogens with one attached hydrogen (secondary N) is 2. The predicted octanol–water partition coefficient (Wildman–Crippen LogP) is 3.51. The maximum Gasteiger partial charge on any atom is 0.272 e. The summed E-state index contributed by atoms with van der Waals surface area (Å²) in [5.74, 6) is -0.113. The molecule has 6 rings (SSSR count). The topological polar surface area (TPSA) is 113 Å². The van der Waals surface area contributed by atoms with E-state index in [9.17, 15) is 14.7 Å². The van der Waals surface area contributed by atoms with E-state index in [1.165, 1.54) is 0 Å². The highest BCUT2D eigenvalue weighted by molar-refractivity contribution is 5.88. The van der Waals surface area contributed by atoms with E-state index in [1.54, 1.807) is 42.8 Å². The fourth-order valence-corrected chi connectivity index (χ4v) is 6.38. The van der Waals surface area contributed by atoms with Crippen LogP contribution in [0.5, 0.6) is 0 Å². The Labute approximate surface area is 212 Å². The summed E-state index contributed by atoms with van der Waals surface area (Å²) in [6.07, 6.45) is 2.26. The highest BCUT2D eigenvalue weighted by Crippen LogP contribution is 2.65. The number of carbonyl (C=O) groups is 1. The molecule has 8 nitrogen and oxygen atoms in total. The lowest BCUT2D eigenvalue weighted by Gasteiger charge is -2.60. The third kappa shape index (κ3) is 4.21. The predicted molar refractivity (Wildman–Crippen MR) is 138 cm³/mol. The second-order valence-corrected chi connectivity index (χ2v) is 11.5. The molecule has 2 aromatic heterocycles. The molecule has 37 heavy (non-hydrogen) atoms. The number of alkyl halides is 1. The van der Waals surface area contributed by atoms with Gasteiger partial charge in [-0.05, 0) is 57.1 Å². The van der Waals surface area contributed by atoms with Crippen molar-refractivity contribution in [2.24, 2.45) is 5.41 Å². The van der Waals surface area contributed by atoms with E-state index in [2.05, 4.69) is 20.6 Å². The Kier molecular flexibility index (Phi) is 5.28. The Bertz CT molecular complexity index is 1570. The van der Waals surface area contributed by atoms with Crippen molar-refractivity contribution < 1.29 is 14.3 Å². The molecule has 0 bridgehead atoms. The smallest absolute Gasteiger partial charge is 0.272 e. The number of amides is 1. The first kappa shape index (κ1) is 23.8. The largest absolute Gasteiger partial charge is 0.389 e. The van der Waals surface area contributed by atoms with Crippen LogP contribution in [0.25, 0.3) is 21.7 Å². The van der Waals surface area contributed by atoms with Gasteiger partial charge in [0.15, 0.2) is 5.67 Å². The first-order chi connectivity index (χ1) is 17.5. The van der Waals surface area contributed by atoms with Crippen LogP contribution in [-0.4, -0.2) is 42.6 Å². The van der Waals surface area contributed by atoms with Crippen LogP contribution in [0.4, 0.5) is 4.39 Å². The average Bonchev–Trinajstić information content (AvgIpc) is 3.12. The number of aromatic amines is 1. The van der Waals surface area contributed by atoms with Gasteiger partial charge in [-0.15, -0.1) is 0 Å². The molecule has 0 saturated heterocycles. The maximum absolute atomic E-state index is 15.9. The Morgan fingerprint density at radius 2 is 1.78 bits per heavy atom. The van der Waals surface area contributed by atoms with Crippen molar-refractivity contribution in [3.63, 3.8) is 0 Å². The molecule has 3 N–H and O–H groups in total. The van der Waals surface area contributed by atoms with Crippen molar-refractivity contribution in [1.82, 2.24) is 25.3 Å². The van der Waals surface area contributed by atoms with Crippen molar-refractivity contribution in [2.75, 3.05) is 0 Å². The number of para-hydroxylation sites is 1. The van der Waals surface area contributed by atoms with E-state index >= 15 is 4.39 Å². The monoisotopic (exact) mass is 503 g/mol. The fraction of sp³-hybridized carbons (Fsp3) is 0.429. The molecule has 2 aliphatic carbocycles. The molecule has 1 amide bonds. The van der Waals surface area contributed by atoms with E-state index in [0.29, 0.717) is 41.5 Å². The third-order valence-corrected chi connectivity index (χ3v) is 7.75. The SMILES string of the molecule is CC(C)(O)Cn1nc(CC(=O)NC2CC3(C2)CC(F)(c2n[nH]c(=O)c4ccccc24)C3)c2ccccc21. The third-order valence-electron chi connectivity index (χ3n) is 7.75. The first-order valence-corrected chi connectivity index (χ1v) is 12.7. The Morgan fingerprint density at radius 3 is 2.49 bits per heavy atom. The van der Waals surface area contributed by atoms with Crippen LogP contribution < -0.4 is 10.9 Å². The fourth-order valence-electron chi connectivity index (χ4n) is 6.38. The maximum atomic E-state index is 15.9. The molecular weight excluding hydrogens is 473 g/mol. The van der Waals surface area contributed by atoms with Crippen molar-refractivity contribution >= 4 is 27.6 Å². The minimum Gasteiger partial charge on any atom is -0.389 e. The van der Waals surface area contributed by atoms with Gasteiger partial charge >= 0.3 is 0 Å². The molecule has 2 aromatic carbocycles. The minimum absolute atomic E-state index is 0.00191.